The van der Waals surface area contributed by atoms with E-state index in [9.17, 15) is 4.79 Å². The zero-order chi connectivity index (χ0) is 28.3. The summed E-state index contributed by atoms with van der Waals surface area (Å²) in [5.41, 5.74) is 0. The topological polar surface area (TPSA) is 90.9 Å². The Labute approximate surface area is 251 Å². The Kier molecular flexibility index (Phi) is 35.9. The van der Waals surface area contributed by atoms with Crippen molar-refractivity contribution < 1.29 is 42.7 Å². The van der Waals surface area contributed by atoms with Crippen LogP contribution in [0.15, 0.2) is 0 Å². The SMILES string of the molecule is CCCCCCCCC(=O)OCCOCCOCCOCCOCCOCCOCCOCCCCCCI. The van der Waals surface area contributed by atoms with Gasteiger partial charge in [-0.2, -0.15) is 0 Å². The van der Waals surface area contributed by atoms with E-state index in [1.54, 1.807) is 0 Å². The summed E-state index contributed by atoms with van der Waals surface area (Å²) in [6, 6.07) is 0. The van der Waals surface area contributed by atoms with E-state index in [1.165, 1.54) is 49.4 Å². The van der Waals surface area contributed by atoms with E-state index in [4.69, 9.17) is 37.9 Å². The molecule has 234 valence electrons. The van der Waals surface area contributed by atoms with E-state index in [0.717, 1.165) is 25.9 Å². The van der Waals surface area contributed by atoms with Gasteiger partial charge in [0.1, 0.15) is 6.61 Å². The fourth-order valence-corrected chi connectivity index (χ4v) is 3.95. The first kappa shape index (κ1) is 38.9. The molecule has 0 unspecified atom stereocenters. The van der Waals surface area contributed by atoms with E-state index in [1.807, 2.05) is 0 Å². The number of unbranched alkanes of at least 4 members (excludes halogenated alkanes) is 8. The highest BCUT2D eigenvalue weighted by Crippen LogP contribution is 2.07. The summed E-state index contributed by atoms with van der Waals surface area (Å²) in [6.45, 7) is 10.2. The molecule has 0 spiro atoms. The second-order valence-corrected chi connectivity index (χ2v) is 10.2. The summed E-state index contributed by atoms with van der Waals surface area (Å²) in [5.74, 6) is -0.135. The second kappa shape index (κ2) is 35.9. The van der Waals surface area contributed by atoms with Gasteiger partial charge < -0.3 is 37.9 Å². The van der Waals surface area contributed by atoms with Gasteiger partial charge in [-0.3, -0.25) is 4.79 Å². The lowest BCUT2D eigenvalue weighted by molar-refractivity contribution is -0.145. The van der Waals surface area contributed by atoms with Gasteiger partial charge in [-0.15, -0.1) is 0 Å². The summed E-state index contributed by atoms with van der Waals surface area (Å²) in [5, 5.41) is 0. The molecular weight excluding hydrogens is 619 g/mol. The maximum atomic E-state index is 11.6. The van der Waals surface area contributed by atoms with E-state index in [0.29, 0.717) is 98.9 Å². The minimum atomic E-state index is -0.135. The maximum Gasteiger partial charge on any atom is 0.305 e. The van der Waals surface area contributed by atoms with Gasteiger partial charge in [0.25, 0.3) is 0 Å². The molecular formula is C29H57IO9. The van der Waals surface area contributed by atoms with Gasteiger partial charge >= 0.3 is 5.97 Å². The smallest absolute Gasteiger partial charge is 0.305 e. The summed E-state index contributed by atoms with van der Waals surface area (Å²) in [7, 11) is 0. The van der Waals surface area contributed by atoms with E-state index < -0.39 is 0 Å². The molecule has 0 fully saturated rings. The highest BCUT2D eigenvalue weighted by atomic mass is 127. The summed E-state index contributed by atoms with van der Waals surface area (Å²) in [4.78, 5) is 11.6. The van der Waals surface area contributed by atoms with Crippen LogP contribution in [0.1, 0.15) is 77.6 Å². The molecule has 9 nitrogen and oxygen atoms in total. The van der Waals surface area contributed by atoms with E-state index >= 15 is 0 Å². The molecule has 10 heteroatoms. The standard InChI is InChI=1S/C29H57IO9/c1-2-3-4-5-6-9-12-29(31)39-28-27-38-26-25-37-24-23-36-22-21-35-20-19-34-18-17-33-16-15-32-14-11-8-7-10-13-30/h2-28H2,1H3. The summed E-state index contributed by atoms with van der Waals surface area (Å²) < 4.78 is 44.7. The van der Waals surface area contributed by atoms with Crippen LogP contribution in [0.2, 0.25) is 0 Å². The van der Waals surface area contributed by atoms with Crippen LogP contribution in [0, 0.1) is 0 Å². The summed E-state index contributed by atoms with van der Waals surface area (Å²) in [6.07, 6.45) is 12.5. The lowest BCUT2D eigenvalue weighted by atomic mass is 10.1. The molecule has 0 aromatic heterocycles. The molecule has 0 amide bonds. The van der Waals surface area contributed by atoms with E-state index in [2.05, 4.69) is 29.5 Å². The number of rotatable bonds is 34. The molecule has 0 atom stereocenters. The fraction of sp³-hybridized carbons (Fsp3) is 0.966. The lowest BCUT2D eigenvalue weighted by Crippen LogP contribution is -2.15. The molecule has 0 bridgehead atoms. The number of carbonyl (C=O) groups excluding carboxylic acids is 1. The molecule has 0 aliphatic carbocycles. The van der Waals surface area contributed by atoms with Crippen LogP contribution in [0.25, 0.3) is 0 Å². The molecule has 0 radical (unpaired) electrons. The number of ether oxygens (including phenoxy) is 8. The highest BCUT2D eigenvalue weighted by Gasteiger charge is 2.02. The Morgan fingerprint density at radius 2 is 0.795 bits per heavy atom. The molecule has 0 saturated heterocycles. The number of alkyl halides is 1. The molecule has 39 heavy (non-hydrogen) atoms. The Hall–Kier alpha value is -0.0800. The molecule has 0 aliphatic rings. The molecule has 0 N–H and O–H groups in total. The Morgan fingerprint density at radius 1 is 0.436 bits per heavy atom. The van der Waals surface area contributed by atoms with Crippen LogP contribution in [-0.4, -0.2) is 110 Å². The second-order valence-electron chi connectivity index (χ2n) is 9.13. The van der Waals surface area contributed by atoms with Crippen LogP contribution in [0.3, 0.4) is 0 Å². The Morgan fingerprint density at radius 3 is 1.26 bits per heavy atom. The zero-order valence-corrected chi connectivity index (χ0v) is 26.8. The lowest BCUT2D eigenvalue weighted by Gasteiger charge is -2.09. The number of hydrogen-bond donors (Lipinski definition) is 0. The van der Waals surface area contributed by atoms with Crippen LogP contribution in [-0.2, 0) is 42.7 Å². The molecule has 0 aromatic carbocycles. The highest BCUT2D eigenvalue weighted by molar-refractivity contribution is 14.1. The Balaban J connectivity index is 3.09. The number of hydrogen-bond acceptors (Lipinski definition) is 9. The molecule has 0 heterocycles. The van der Waals surface area contributed by atoms with Crippen molar-refractivity contribution in [3.05, 3.63) is 0 Å². The minimum absolute atomic E-state index is 0.135. The van der Waals surface area contributed by atoms with Crippen molar-refractivity contribution in [1.29, 1.82) is 0 Å². The minimum Gasteiger partial charge on any atom is -0.463 e. The monoisotopic (exact) mass is 676 g/mol. The third kappa shape index (κ3) is 35.9. The van der Waals surface area contributed by atoms with Gasteiger partial charge in [-0.25, -0.2) is 0 Å². The van der Waals surface area contributed by atoms with Crippen molar-refractivity contribution in [2.24, 2.45) is 0 Å². The van der Waals surface area contributed by atoms with Gasteiger partial charge in [-0.1, -0.05) is 74.5 Å². The third-order valence-electron chi connectivity index (χ3n) is 5.63. The normalized spacial score (nSPS) is 11.3. The van der Waals surface area contributed by atoms with E-state index in [-0.39, 0.29) is 5.97 Å². The van der Waals surface area contributed by atoms with Gasteiger partial charge in [0.2, 0.25) is 0 Å². The van der Waals surface area contributed by atoms with Crippen molar-refractivity contribution in [2.45, 2.75) is 77.6 Å². The predicted molar refractivity (Wildman–Crippen MR) is 162 cm³/mol. The van der Waals surface area contributed by atoms with Crippen LogP contribution >= 0.6 is 22.6 Å². The molecule has 0 aromatic rings. The first-order chi connectivity index (χ1) is 19.3. The largest absolute Gasteiger partial charge is 0.463 e. The van der Waals surface area contributed by atoms with Gasteiger partial charge in [0, 0.05) is 13.0 Å². The van der Waals surface area contributed by atoms with Crippen LogP contribution in [0.5, 0.6) is 0 Å². The van der Waals surface area contributed by atoms with Crippen molar-refractivity contribution in [2.75, 3.05) is 104 Å². The average Bonchev–Trinajstić information content (AvgIpc) is 2.94. The fourth-order valence-electron chi connectivity index (χ4n) is 3.41. The first-order valence-electron chi connectivity index (χ1n) is 15.1. The van der Waals surface area contributed by atoms with Crippen molar-refractivity contribution in [3.8, 4) is 0 Å². The van der Waals surface area contributed by atoms with Gasteiger partial charge in [0.15, 0.2) is 0 Å². The first-order valence-corrected chi connectivity index (χ1v) is 16.6. The molecule has 0 saturated carbocycles. The quantitative estimate of drug-likeness (QED) is 0.0385. The van der Waals surface area contributed by atoms with Crippen LogP contribution < -0.4 is 0 Å². The predicted octanol–water partition coefficient (Wildman–Crippen LogP) is 5.39. The average molecular weight is 677 g/mol. The molecule has 0 rings (SSSR count). The van der Waals surface area contributed by atoms with Crippen molar-refractivity contribution >= 4 is 28.6 Å². The number of esters is 1. The van der Waals surface area contributed by atoms with Crippen molar-refractivity contribution in [3.63, 3.8) is 0 Å². The number of halogens is 1. The maximum absolute atomic E-state index is 11.6. The Bertz CT molecular complexity index is 472. The summed E-state index contributed by atoms with van der Waals surface area (Å²) >= 11 is 2.42. The number of carbonyl (C=O) groups is 1. The molecule has 0 aliphatic heterocycles. The third-order valence-corrected chi connectivity index (χ3v) is 6.39. The van der Waals surface area contributed by atoms with Crippen molar-refractivity contribution in [1.82, 2.24) is 0 Å². The van der Waals surface area contributed by atoms with Gasteiger partial charge in [0.05, 0.1) is 85.9 Å². The zero-order valence-electron chi connectivity index (χ0n) is 24.6. The van der Waals surface area contributed by atoms with Crippen LogP contribution in [0.4, 0.5) is 0 Å². The van der Waals surface area contributed by atoms with Gasteiger partial charge in [-0.05, 0) is 23.7 Å².